The first-order valence-corrected chi connectivity index (χ1v) is 8.63. The highest BCUT2D eigenvalue weighted by molar-refractivity contribution is 5.86. The molecule has 2 aliphatic carbocycles. The fourth-order valence-corrected chi connectivity index (χ4v) is 3.28. The van der Waals surface area contributed by atoms with Crippen molar-refractivity contribution < 1.29 is 13.9 Å². The number of nitrogens with zero attached hydrogens (tertiary/aromatic N) is 4. The van der Waals surface area contributed by atoms with Gasteiger partial charge in [-0.25, -0.2) is 4.39 Å². The fourth-order valence-electron chi connectivity index (χ4n) is 3.28. The molecule has 126 valence electrons. The van der Waals surface area contributed by atoms with Crippen LogP contribution in [0.3, 0.4) is 0 Å². The van der Waals surface area contributed by atoms with Crippen molar-refractivity contribution in [2.24, 2.45) is 5.92 Å². The highest BCUT2D eigenvalue weighted by Gasteiger charge is 2.47. The van der Waals surface area contributed by atoms with Gasteiger partial charge in [0, 0.05) is 32.7 Å². The first-order valence-electron chi connectivity index (χ1n) is 8.63. The summed E-state index contributed by atoms with van der Waals surface area (Å²) in [5.74, 6) is 2.06. The van der Waals surface area contributed by atoms with Gasteiger partial charge in [-0.2, -0.15) is 0 Å². The van der Waals surface area contributed by atoms with Crippen LogP contribution in [-0.4, -0.2) is 50.9 Å². The summed E-state index contributed by atoms with van der Waals surface area (Å²) in [5, 5.41) is 8.43. The third kappa shape index (κ3) is 2.98. The predicted molar refractivity (Wildman–Crippen MR) is 80.4 cm³/mol. The van der Waals surface area contributed by atoms with Gasteiger partial charge in [0.1, 0.15) is 12.4 Å². The topological polar surface area (TPSA) is 60.3 Å². The van der Waals surface area contributed by atoms with Crippen molar-refractivity contribution in [3.05, 3.63) is 11.6 Å². The molecule has 2 heterocycles. The molecule has 6 nitrogen and oxygen atoms in total. The van der Waals surface area contributed by atoms with Crippen LogP contribution in [0.4, 0.5) is 4.39 Å². The van der Waals surface area contributed by atoms with E-state index in [-0.39, 0.29) is 5.91 Å². The highest BCUT2D eigenvalue weighted by atomic mass is 19.1. The Balaban J connectivity index is 1.38. The molecule has 0 bridgehead atoms. The maximum absolute atomic E-state index is 14.4. The minimum Gasteiger partial charge on any atom is -0.373 e. The Kier molecular flexibility index (Phi) is 3.83. The number of halogens is 1. The molecule has 0 aromatic carbocycles. The zero-order valence-electron chi connectivity index (χ0n) is 13.3. The highest BCUT2D eigenvalue weighted by Crippen LogP contribution is 2.37. The number of fused-ring (bicyclic) bond motifs is 1. The lowest BCUT2D eigenvalue weighted by molar-refractivity contribution is -0.149. The molecule has 1 aromatic rings. The van der Waals surface area contributed by atoms with Crippen molar-refractivity contribution >= 4 is 5.91 Å². The van der Waals surface area contributed by atoms with Gasteiger partial charge in [-0.15, -0.1) is 10.2 Å². The van der Waals surface area contributed by atoms with Gasteiger partial charge in [-0.1, -0.05) is 0 Å². The van der Waals surface area contributed by atoms with Crippen LogP contribution >= 0.6 is 0 Å². The van der Waals surface area contributed by atoms with E-state index in [1.54, 1.807) is 4.90 Å². The van der Waals surface area contributed by atoms with E-state index in [1.807, 2.05) is 4.57 Å². The molecule has 3 aliphatic rings. The smallest absolute Gasteiger partial charge is 0.260 e. The molecule has 23 heavy (non-hydrogen) atoms. The number of rotatable bonds is 5. The second kappa shape index (κ2) is 5.85. The molecule has 2 saturated carbocycles. The average molecular weight is 322 g/mol. The fraction of sp³-hybridized carbons (Fsp3) is 0.812. The standard InChI is InChI=1S/C16H23FN4O2/c17-16(5-1-6-16)15(22)20-7-4-13-18-19-14(21(13)9-8-20)11-23-10-12-2-3-12/h12H,1-11H2. The van der Waals surface area contributed by atoms with E-state index in [0.717, 1.165) is 30.6 Å². The maximum atomic E-state index is 14.4. The lowest BCUT2D eigenvalue weighted by Gasteiger charge is -2.36. The van der Waals surface area contributed by atoms with E-state index in [0.29, 0.717) is 45.5 Å². The van der Waals surface area contributed by atoms with Gasteiger partial charge >= 0.3 is 0 Å². The van der Waals surface area contributed by atoms with Crippen LogP contribution in [0.15, 0.2) is 0 Å². The quantitative estimate of drug-likeness (QED) is 0.824. The van der Waals surface area contributed by atoms with Crippen LogP contribution < -0.4 is 0 Å². The van der Waals surface area contributed by atoms with Crippen molar-refractivity contribution in [2.45, 2.75) is 57.3 Å². The zero-order chi connectivity index (χ0) is 15.9. The third-order valence-corrected chi connectivity index (χ3v) is 5.20. The Morgan fingerprint density at radius 3 is 2.78 bits per heavy atom. The molecule has 1 amide bonds. The number of ether oxygens (including phenoxy) is 1. The molecule has 1 aliphatic heterocycles. The van der Waals surface area contributed by atoms with Gasteiger partial charge in [-0.05, 0) is 38.0 Å². The lowest BCUT2D eigenvalue weighted by Crippen LogP contribution is -2.51. The summed E-state index contributed by atoms with van der Waals surface area (Å²) in [5.41, 5.74) is -1.61. The lowest BCUT2D eigenvalue weighted by atomic mass is 9.81. The summed E-state index contributed by atoms with van der Waals surface area (Å²) in [6, 6.07) is 0. The summed E-state index contributed by atoms with van der Waals surface area (Å²) >= 11 is 0. The van der Waals surface area contributed by atoms with E-state index < -0.39 is 5.67 Å². The van der Waals surface area contributed by atoms with Crippen LogP contribution in [-0.2, 0) is 29.1 Å². The van der Waals surface area contributed by atoms with E-state index in [4.69, 9.17) is 4.74 Å². The molecule has 0 atom stereocenters. The molecule has 0 unspecified atom stereocenters. The second-order valence-corrected chi connectivity index (χ2v) is 7.00. The van der Waals surface area contributed by atoms with Gasteiger partial charge in [0.2, 0.25) is 0 Å². The van der Waals surface area contributed by atoms with Gasteiger partial charge < -0.3 is 14.2 Å². The van der Waals surface area contributed by atoms with Crippen LogP contribution in [0.25, 0.3) is 0 Å². The Hall–Kier alpha value is -1.50. The molecular weight excluding hydrogens is 299 g/mol. The molecule has 1 aromatic heterocycles. The Bertz CT molecular complexity index is 595. The molecule has 0 radical (unpaired) electrons. The largest absolute Gasteiger partial charge is 0.373 e. The normalized spacial score (nSPS) is 23.1. The second-order valence-electron chi connectivity index (χ2n) is 7.00. The summed E-state index contributed by atoms with van der Waals surface area (Å²) in [6.45, 7) is 2.91. The maximum Gasteiger partial charge on any atom is 0.260 e. The van der Waals surface area contributed by atoms with Gasteiger partial charge in [0.05, 0.1) is 0 Å². The van der Waals surface area contributed by atoms with E-state index in [2.05, 4.69) is 10.2 Å². The van der Waals surface area contributed by atoms with Gasteiger partial charge in [0.25, 0.3) is 5.91 Å². The summed E-state index contributed by atoms with van der Waals surface area (Å²) in [4.78, 5) is 14.0. The van der Waals surface area contributed by atoms with Crippen molar-refractivity contribution in [3.8, 4) is 0 Å². The number of hydrogen-bond acceptors (Lipinski definition) is 4. The number of hydrogen-bond donors (Lipinski definition) is 0. The van der Waals surface area contributed by atoms with Gasteiger partial charge in [-0.3, -0.25) is 4.79 Å². The monoisotopic (exact) mass is 322 g/mol. The number of aromatic nitrogens is 3. The Morgan fingerprint density at radius 2 is 2.09 bits per heavy atom. The number of amides is 1. The van der Waals surface area contributed by atoms with Crippen molar-refractivity contribution in [2.75, 3.05) is 19.7 Å². The Labute approximate surface area is 135 Å². The summed E-state index contributed by atoms with van der Waals surface area (Å²) in [6.07, 6.45) is 4.70. The number of alkyl halides is 1. The van der Waals surface area contributed by atoms with Crippen LogP contribution in [0.5, 0.6) is 0 Å². The number of carbonyl (C=O) groups is 1. The van der Waals surface area contributed by atoms with Crippen LogP contribution in [0.1, 0.15) is 43.8 Å². The first kappa shape index (κ1) is 15.1. The molecule has 0 N–H and O–H groups in total. The Morgan fingerprint density at radius 1 is 1.26 bits per heavy atom. The molecule has 7 heteroatoms. The minimum atomic E-state index is -1.61. The van der Waals surface area contributed by atoms with E-state index in [9.17, 15) is 9.18 Å². The molecule has 4 rings (SSSR count). The van der Waals surface area contributed by atoms with Crippen LogP contribution in [0.2, 0.25) is 0 Å². The van der Waals surface area contributed by atoms with Crippen LogP contribution in [0, 0.1) is 5.92 Å². The summed E-state index contributed by atoms with van der Waals surface area (Å²) < 4.78 is 22.1. The number of carbonyl (C=O) groups excluding carboxylic acids is 1. The molecule has 2 fully saturated rings. The average Bonchev–Trinajstić information content (AvgIpc) is 3.29. The zero-order valence-corrected chi connectivity index (χ0v) is 13.3. The van der Waals surface area contributed by atoms with Crippen molar-refractivity contribution in [3.63, 3.8) is 0 Å². The third-order valence-electron chi connectivity index (χ3n) is 5.20. The predicted octanol–water partition coefficient (Wildman–Crippen LogP) is 1.48. The van der Waals surface area contributed by atoms with Crippen molar-refractivity contribution in [1.82, 2.24) is 19.7 Å². The summed E-state index contributed by atoms with van der Waals surface area (Å²) in [7, 11) is 0. The van der Waals surface area contributed by atoms with Gasteiger partial charge in [0.15, 0.2) is 11.5 Å². The molecule has 0 spiro atoms. The van der Waals surface area contributed by atoms with Crippen molar-refractivity contribution in [1.29, 1.82) is 0 Å². The first-order chi connectivity index (χ1) is 11.2. The SMILES string of the molecule is O=C(N1CCc2nnc(COCC3CC3)n2CC1)C1(F)CCC1. The minimum absolute atomic E-state index is 0.339. The van der Waals surface area contributed by atoms with E-state index >= 15 is 0 Å². The molecular formula is C16H23FN4O2. The molecule has 0 saturated heterocycles. The van der Waals surface area contributed by atoms with E-state index in [1.165, 1.54) is 12.8 Å².